The first-order valence-electron chi connectivity index (χ1n) is 18.5. The molecule has 318 valence electrons. The smallest absolute Gasteiger partial charge is 0.411 e. The van der Waals surface area contributed by atoms with Gasteiger partial charge in [-0.15, -0.1) is 0 Å². The maximum atomic E-state index is 15.4. The number of esters is 2. The van der Waals surface area contributed by atoms with E-state index < -0.39 is 92.3 Å². The third-order valence-electron chi connectivity index (χ3n) is 9.67. The van der Waals surface area contributed by atoms with Crippen LogP contribution in [0.4, 0.5) is 32.0 Å². The third kappa shape index (κ3) is 8.37. The van der Waals surface area contributed by atoms with Crippen LogP contribution in [-0.4, -0.2) is 52.7 Å². The molecule has 0 saturated heterocycles. The fraction of sp³-hybridized carbons (Fsp3) is 0.341. The van der Waals surface area contributed by atoms with Crippen molar-refractivity contribution >= 4 is 35.3 Å². The number of ether oxygens (including phenoxy) is 2. The first kappa shape index (κ1) is 45.1. The predicted molar refractivity (Wildman–Crippen MR) is 208 cm³/mol. The van der Waals surface area contributed by atoms with E-state index in [1.165, 1.54) is 52.8 Å². The molecule has 4 aromatic rings. The average molecular weight is 841 g/mol. The van der Waals surface area contributed by atoms with Crippen molar-refractivity contribution in [1.29, 1.82) is 0 Å². The van der Waals surface area contributed by atoms with Gasteiger partial charge in [-0.2, -0.15) is 26.3 Å². The van der Waals surface area contributed by atoms with Gasteiger partial charge in [-0.1, -0.05) is 57.2 Å². The van der Waals surface area contributed by atoms with E-state index in [0.29, 0.717) is 51.9 Å². The van der Waals surface area contributed by atoms with Crippen molar-refractivity contribution in [1.82, 2.24) is 5.32 Å². The van der Waals surface area contributed by atoms with Gasteiger partial charge in [-0.3, -0.25) is 24.0 Å². The number of carbonyl (C=O) groups excluding carboxylic acids is 5. The summed E-state index contributed by atoms with van der Waals surface area (Å²) in [5.74, 6) is -5.12. The zero-order valence-electron chi connectivity index (χ0n) is 34.0. The summed E-state index contributed by atoms with van der Waals surface area (Å²) in [7, 11) is 0. The maximum Gasteiger partial charge on any atom is 0.411 e. The number of imide groups is 1. The molecule has 2 N–H and O–H groups in total. The Hall–Kier alpha value is -6.03. The van der Waals surface area contributed by atoms with Crippen LogP contribution in [0.5, 0.6) is 11.5 Å². The van der Waals surface area contributed by atoms with E-state index >= 15 is 26.3 Å². The highest BCUT2D eigenvalue weighted by molar-refractivity contribution is 6.35. The first-order chi connectivity index (χ1) is 27.5. The molecule has 1 atom stereocenters. The summed E-state index contributed by atoms with van der Waals surface area (Å²) in [6, 6.07) is 12.0. The molecule has 0 aliphatic carbocycles. The minimum absolute atomic E-state index is 0.235. The van der Waals surface area contributed by atoms with E-state index in [-0.39, 0.29) is 22.7 Å². The Morgan fingerprint density at radius 3 is 1.68 bits per heavy atom. The number of aliphatic hydroxyl groups is 1. The number of nitrogens with zero attached hydrogens (tertiary/aromatic N) is 1. The van der Waals surface area contributed by atoms with Gasteiger partial charge in [0, 0.05) is 30.5 Å². The summed E-state index contributed by atoms with van der Waals surface area (Å²) in [5, 5.41) is 12.8. The molecule has 0 aromatic heterocycles. The van der Waals surface area contributed by atoms with Crippen molar-refractivity contribution in [2.24, 2.45) is 0 Å². The van der Waals surface area contributed by atoms with Crippen molar-refractivity contribution in [2.45, 2.75) is 97.1 Å². The number of hydrogen-bond donors (Lipinski definition) is 2. The van der Waals surface area contributed by atoms with Crippen LogP contribution in [0.15, 0.2) is 72.8 Å². The van der Waals surface area contributed by atoms with Crippen molar-refractivity contribution in [3.63, 3.8) is 0 Å². The molecule has 0 bridgehead atoms. The highest BCUT2D eigenvalue weighted by Gasteiger charge is 2.73. The second-order valence-electron chi connectivity index (χ2n) is 16.5. The predicted octanol–water partition coefficient (Wildman–Crippen LogP) is 9.29. The fourth-order valence-corrected chi connectivity index (χ4v) is 7.11. The van der Waals surface area contributed by atoms with E-state index in [4.69, 9.17) is 9.47 Å². The molecule has 0 saturated carbocycles. The number of benzene rings is 4. The summed E-state index contributed by atoms with van der Waals surface area (Å²) in [6.07, 6.45) is -13.8. The number of fused-ring (bicyclic) bond motifs is 1. The minimum atomic E-state index is -6.16. The van der Waals surface area contributed by atoms with Crippen molar-refractivity contribution in [3.8, 4) is 22.6 Å². The summed E-state index contributed by atoms with van der Waals surface area (Å²) in [4.78, 5) is 65.9. The van der Waals surface area contributed by atoms with Crippen molar-refractivity contribution < 1.29 is 64.9 Å². The van der Waals surface area contributed by atoms with Gasteiger partial charge < -0.3 is 19.9 Å². The molecule has 1 heterocycles. The Labute approximate surface area is 341 Å². The topological polar surface area (TPSA) is 139 Å². The number of halogens is 6. The highest BCUT2D eigenvalue weighted by atomic mass is 19.4. The lowest BCUT2D eigenvalue weighted by Gasteiger charge is -2.39. The van der Waals surface area contributed by atoms with E-state index in [1.807, 2.05) is 20.8 Å². The van der Waals surface area contributed by atoms with Crippen molar-refractivity contribution in [3.05, 3.63) is 112 Å². The lowest BCUT2D eigenvalue weighted by molar-refractivity contribution is -0.288. The van der Waals surface area contributed by atoms with Gasteiger partial charge in [0.2, 0.25) is 5.41 Å². The zero-order valence-corrected chi connectivity index (χ0v) is 34.0. The normalized spacial score (nSPS) is 14.2. The largest absolute Gasteiger partial charge is 0.426 e. The highest BCUT2D eigenvalue weighted by Crippen LogP contribution is 2.57. The molecule has 3 amide bonds. The number of carbonyl (C=O) groups is 5. The van der Waals surface area contributed by atoms with Gasteiger partial charge in [0.15, 0.2) is 5.75 Å². The molecule has 4 aromatic carbocycles. The van der Waals surface area contributed by atoms with Crippen LogP contribution >= 0.6 is 0 Å². The van der Waals surface area contributed by atoms with Crippen LogP contribution in [0, 0.1) is 0 Å². The van der Waals surface area contributed by atoms with E-state index in [9.17, 15) is 29.1 Å². The number of alkyl halides is 6. The zero-order chi connectivity index (χ0) is 45.1. The number of aliphatic hydroxyl groups excluding tert-OH is 1. The molecule has 1 aliphatic rings. The van der Waals surface area contributed by atoms with Gasteiger partial charge in [0.05, 0.1) is 22.9 Å². The lowest BCUT2D eigenvalue weighted by atomic mass is 9.71. The molecule has 0 radical (unpaired) electrons. The molecule has 16 heteroatoms. The maximum absolute atomic E-state index is 15.4. The molecule has 1 unspecified atom stereocenters. The molecule has 5 rings (SSSR count). The summed E-state index contributed by atoms with van der Waals surface area (Å²) in [5.41, 5.74) is -10.4. The quantitative estimate of drug-likeness (QED) is 0.0775. The molecular weight excluding hydrogens is 798 g/mol. The fourth-order valence-electron chi connectivity index (χ4n) is 7.11. The Balaban J connectivity index is 1.67. The second kappa shape index (κ2) is 15.5. The number of hydrogen-bond acceptors (Lipinski definition) is 8. The average Bonchev–Trinajstić information content (AvgIpc) is 3.33. The number of nitrogens with one attached hydrogen (secondary N) is 1. The Kier molecular flexibility index (Phi) is 11.7. The number of amides is 3. The van der Waals surface area contributed by atoms with E-state index in [1.54, 1.807) is 18.2 Å². The van der Waals surface area contributed by atoms with Gasteiger partial charge in [-0.05, 0) is 97.3 Å². The Morgan fingerprint density at radius 2 is 1.17 bits per heavy atom. The van der Waals surface area contributed by atoms with Crippen LogP contribution in [-0.2, 0) is 20.4 Å². The molecular formula is C44H42F6N2O8. The lowest BCUT2D eigenvalue weighted by Crippen LogP contribution is -2.55. The first-order valence-corrected chi connectivity index (χ1v) is 18.5. The summed E-state index contributed by atoms with van der Waals surface area (Å²) in [6.45, 7) is 13.8. The molecule has 0 spiro atoms. The van der Waals surface area contributed by atoms with Crippen LogP contribution in [0.2, 0.25) is 0 Å². The Bertz CT molecular complexity index is 2410. The second-order valence-corrected chi connectivity index (χ2v) is 16.5. The van der Waals surface area contributed by atoms with Crippen LogP contribution in [0.1, 0.15) is 122 Å². The third-order valence-corrected chi connectivity index (χ3v) is 9.67. The summed E-state index contributed by atoms with van der Waals surface area (Å²) < 4.78 is 103. The molecule has 1 aliphatic heterocycles. The van der Waals surface area contributed by atoms with Gasteiger partial charge in [-0.25, -0.2) is 4.90 Å². The number of rotatable bonds is 8. The van der Waals surface area contributed by atoms with Gasteiger partial charge in [0.25, 0.3) is 17.7 Å². The standard InChI is InChI=1S/C44H42F6N2O8/c1-22(53)29-14-12-27(20-31(29)37(56)51-41(7,8)9)42(43(45,46)47,44(48,49)50)28-13-15-30-32(21-28)39(58)52(38(30)57)34-17-11-26(19-36(34)60-24(3)55)25-10-16-33(40(4,5)6)35(18-25)59-23(2)54/h10-22,53H,1-9H3,(H,51,56). The SMILES string of the molecule is CC(=O)Oc1cc(-c2ccc(C(C)(C)C)c(OC(C)=O)c2)ccc1N1C(=O)c2ccc(C(c3ccc(C(C)O)c(C(=O)NC(C)(C)C)c3)(C(F)(F)F)C(F)(F)F)cc2C1=O. The summed E-state index contributed by atoms with van der Waals surface area (Å²) >= 11 is 0. The monoisotopic (exact) mass is 840 g/mol. The van der Waals surface area contributed by atoms with E-state index in [0.717, 1.165) is 13.0 Å². The number of anilines is 1. The van der Waals surface area contributed by atoms with E-state index in [2.05, 4.69) is 5.32 Å². The molecule has 60 heavy (non-hydrogen) atoms. The van der Waals surface area contributed by atoms with Crippen LogP contribution < -0.4 is 19.7 Å². The minimum Gasteiger partial charge on any atom is -0.426 e. The Morgan fingerprint density at radius 1 is 0.667 bits per heavy atom. The van der Waals surface area contributed by atoms with Gasteiger partial charge in [0.1, 0.15) is 5.75 Å². The van der Waals surface area contributed by atoms with Gasteiger partial charge >= 0.3 is 24.3 Å². The molecule has 10 nitrogen and oxygen atoms in total. The molecule has 0 fully saturated rings. The van der Waals surface area contributed by atoms with Crippen LogP contribution in [0.3, 0.4) is 0 Å². The van der Waals surface area contributed by atoms with Crippen molar-refractivity contribution in [2.75, 3.05) is 4.90 Å². The van der Waals surface area contributed by atoms with Crippen LogP contribution in [0.25, 0.3) is 11.1 Å².